The number of anilines is 2. The number of piperidine rings is 2. The minimum atomic E-state index is -4.34. The Balaban J connectivity index is 1.19. The lowest BCUT2D eigenvalue weighted by atomic mass is 9.91. The fourth-order valence-electron chi connectivity index (χ4n) is 5.14. The van der Waals surface area contributed by atoms with Crippen molar-refractivity contribution in [3.8, 4) is 0 Å². The largest absolute Gasteiger partial charge is 0.446 e. The normalized spacial score (nSPS) is 19.5. The zero-order valence-corrected chi connectivity index (χ0v) is 21.6. The van der Waals surface area contributed by atoms with Gasteiger partial charge in [-0.05, 0) is 98.3 Å². The van der Waals surface area contributed by atoms with Gasteiger partial charge in [-0.2, -0.15) is 26.3 Å². The number of alkyl halides is 6. The molecule has 2 fully saturated rings. The summed E-state index contributed by atoms with van der Waals surface area (Å²) in [5, 5.41) is 3.34. The molecule has 4 rings (SSSR count). The minimum absolute atomic E-state index is 0.0424. The van der Waals surface area contributed by atoms with Gasteiger partial charge in [0.25, 0.3) is 0 Å². The molecule has 0 bridgehead atoms. The number of nitrogens with zero attached hydrogens (tertiary/aromatic N) is 2. The van der Waals surface area contributed by atoms with Crippen molar-refractivity contribution in [2.24, 2.45) is 5.92 Å². The summed E-state index contributed by atoms with van der Waals surface area (Å²) in [4.78, 5) is 17.0. The zero-order chi connectivity index (χ0) is 27.3. The quantitative estimate of drug-likeness (QED) is 0.283. The van der Waals surface area contributed by atoms with Crippen LogP contribution in [-0.4, -0.2) is 48.5 Å². The van der Waals surface area contributed by atoms with E-state index in [1.165, 1.54) is 24.3 Å². The Labute approximate surface area is 222 Å². The van der Waals surface area contributed by atoms with E-state index in [1.54, 1.807) is 12.1 Å². The van der Waals surface area contributed by atoms with Crippen molar-refractivity contribution in [3.05, 3.63) is 54.1 Å². The molecule has 1 atom stereocenters. The molecule has 0 aliphatic carbocycles. The molecule has 2 aliphatic heterocycles. The second kappa shape index (κ2) is 12.1. The van der Waals surface area contributed by atoms with Gasteiger partial charge >= 0.3 is 11.7 Å². The van der Waals surface area contributed by atoms with Gasteiger partial charge in [0.05, 0.1) is 5.56 Å². The van der Waals surface area contributed by atoms with E-state index in [2.05, 4.69) is 10.2 Å². The van der Waals surface area contributed by atoms with Crippen molar-refractivity contribution in [1.29, 1.82) is 0 Å². The second-order valence-corrected chi connectivity index (χ2v) is 11.0. The van der Waals surface area contributed by atoms with Crippen LogP contribution in [0.4, 0.5) is 37.7 Å². The molecule has 11 heteroatoms. The maximum atomic E-state index is 12.9. The fraction of sp³-hybridized carbons (Fsp3) is 0.519. The van der Waals surface area contributed by atoms with Gasteiger partial charge in [0.1, 0.15) is 0 Å². The van der Waals surface area contributed by atoms with E-state index in [-0.39, 0.29) is 28.6 Å². The van der Waals surface area contributed by atoms with Crippen molar-refractivity contribution >= 4 is 29.0 Å². The summed E-state index contributed by atoms with van der Waals surface area (Å²) in [6.07, 6.45) is 0.422. The lowest BCUT2D eigenvalue weighted by Gasteiger charge is -2.35. The number of rotatable bonds is 7. The van der Waals surface area contributed by atoms with E-state index >= 15 is 0 Å². The first kappa shape index (κ1) is 28.4. The number of nitrogens with one attached hydrogen (secondary N) is 1. The molecular weight excluding hydrogens is 528 g/mol. The number of hydrogen-bond acceptors (Lipinski definition) is 4. The van der Waals surface area contributed by atoms with E-state index in [0.29, 0.717) is 25.4 Å². The summed E-state index contributed by atoms with van der Waals surface area (Å²) in [5.41, 5.74) is -3.45. The maximum absolute atomic E-state index is 12.9. The van der Waals surface area contributed by atoms with Crippen molar-refractivity contribution in [1.82, 2.24) is 4.90 Å². The maximum Gasteiger partial charge on any atom is 0.446 e. The highest BCUT2D eigenvalue weighted by atomic mass is 32.2. The molecule has 0 aromatic heterocycles. The van der Waals surface area contributed by atoms with Gasteiger partial charge in [0, 0.05) is 54.9 Å². The van der Waals surface area contributed by atoms with Gasteiger partial charge in [-0.1, -0.05) is 0 Å². The molecule has 0 radical (unpaired) electrons. The molecule has 2 aliphatic rings. The lowest BCUT2D eigenvalue weighted by Crippen LogP contribution is -2.45. The van der Waals surface area contributed by atoms with Crippen LogP contribution in [0.15, 0.2) is 53.4 Å². The van der Waals surface area contributed by atoms with Gasteiger partial charge in [-0.3, -0.25) is 4.79 Å². The standard InChI is InChI=1S/C27H31F6N3OS/c28-26(29,30)20-4-8-23(9-5-20)35-16-13-19(14-17-35)3-12-25(37)36-15-1-2-22(18-36)34-21-6-10-24(11-7-21)38-27(31,32)33/h4-11,19,22,34H,1-3,12-18H2/t22-/m0/s1. The highest BCUT2D eigenvalue weighted by molar-refractivity contribution is 8.00. The predicted molar refractivity (Wildman–Crippen MR) is 137 cm³/mol. The molecule has 1 amide bonds. The van der Waals surface area contributed by atoms with Crippen LogP contribution >= 0.6 is 11.8 Å². The first-order chi connectivity index (χ1) is 18.0. The molecular formula is C27H31F6N3OS. The predicted octanol–water partition coefficient (Wildman–Crippen LogP) is 7.42. The zero-order valence-electron chi connectivity index (χ0n) is 20.8. The second-order valence-electron chi connectivity index (χ2n) is 9.91. The Bertz CT molecular complexity index is 1050. The fourth-order valence-corrected chi connectivity index (χ4v) is 5.68. The third kappa shape index (κ3) is 8.22. The lowest BCUT2D eigenvalue weighted by molar-refractivity contribution is -0.137. The molecule has 1 N–H and O–H groups in total. The Morgan fingerprint density at radius 3 is 2.16 bits per heavy atom. The molecule has 0 saturated carbocycles. The van der Waals surface area contributed by atoms with E-state index < -0.39 is 17.2 Å². The number of benzene rings is 2. The summed E-state index contributed by atoms with van der Waals surface area (Å²) < 4.78 is 76.0. The van der Waals surface area contributed by atoms with Crippen LogP contribution < -0.4 is 10.2 Å². The average molecular weight is 560 g/mol. The highest BCUT2D eigenvalue weighted by Crippen LogP contribution is 2.37. The number of likely N-dealkylation sites (tertiary alicyclic amines) is 1. The van der Waals surface area contributed by atoms with Crippen molar-refractivity contribution in [2.45, 2.75) is 61.1 Å². The van der Waals surface area contributed by atoms with Crippen LogP contribution in [0.5, 0.6) is 0 Å². The van der Waals surface area contributed by atoms with Gasteiger partial charge in [-0.15, -0.1) is 0 Å². The van der Waals surface area contributed by atoms with Crippen LogP contribution in [0.1, 0.15) is 44.1 Å². The number of carbonyl (C=O) groups is 1. The molecule has 0 spiro atoms. The van der Waals surface area contributed by atoms with Crippen molar-refractivity contribution in [2.75, 3.05) is 36.4 Å². The first-order valence-electron chi connectivity index (χ1n) is 12.8. The molecule has 2 heterocycles. The molecule has 38 heavy (non-hydrogen) atoms. The number of amides is 1. The summed E-state index contributed by atoms with van der Waals surface area (Å²) in [6.45, 7) is 2.76. The summed E-state index contributed by atoms with van der Waals surface area (Å²) in [6, 6.07) is 11.4. The van der Waals surface area contributed by atoms with Crippen LogP contribution in [0, 0.1) is 5.92 Å². The van der Waals surface area contributed by atoms with Gasteiger partial charge in [0.2, 0.25) is 5.91 Å². The minimum Gasteiger partial charge on any atom is -0.381 e. The Morgan fingerprint density at radius 1 is 0.895 bits per heavy atom. The molecule has 4 nitrogen and oxygen atoms in total. The van der Waals surface area contributed by atoms with E-state index in [1.807, 2.05) is 4.90 Å². The Kier molecular flexibility index (Phi) is 9.05. The molecule has 2 aromatic carbocycles. The van der Waals surface area contributed by atoms with Crippen LogP contribution in [0.2, 0.25) is 0 Å². The highest BCUT2D eigenvalue weighted by Gasteiger charge is 2.31. The topological polar surface area (TPSA) is 35.6 Å². The van der Waals surface area contributed by atoms with Crippen LogP contribution in [0.25, 0.3) is 0 Å². The van der Waals surface area contributed by atoms with Gasteiger partial charge < -0.3 is 15.1 Å². The van der Waals surface area contributed by atoms with E-state index in [4.69, 9.17) is 0 Å². The summed E-state index contributed by atoms with van der Waals surface area (Å²) >= 11 is -0.144. The van der Waals surface area contributed by atoms with Gasteiger partial charge in [0.15, 0.2) is 0 Å². The molecule has 208 valence electrons. The third-order valence-electron chi connectivity index (χ3n) is 7.17. The third-order valence-corrected chi connectivity index (χ3v) is 7.91. The van der Waals surface area contributed by atoms with Gasteiger partial charge in [-0.25, -0.2) is 0 Å². The van der Waals surface area contributed by atoms with Crippen molar-refractivity contribution in [3.63, 3.8) is 0 Å². The molecule has 2 saturated heterocycles. The summed E-state index contributed by atoms with van der Waals surface area (Å²) in [5.74, 6) is 0.509. The van der Waals surface area contributed by atoms with Crippen LogP contribution in [-0.2, 0) is 11.0 Å². The number of carbonyl (C=O) groups excluding carboxylic acids is 1. The SMILES string of the molecule is O=C(CCC1CCN(c2ccc(C(F)(F)F)cc2)CC1)N1CCC[C@H](Nc2ccc(SC(F)(F)F)cc2)C1. The van der Waals surface area contributed by atoms with Crippen LogP contribution in [0.3, 0.4) is 0 Å². The number of halogens is 6. The van der Waals surface area contributed by atoms with E-state index in [9.17, 15) is 31.1 Å². The monoisotopic (exact) mass is 559 g/mol. The van der Waals surface area contributed by atoms with Crippen molar-refractivity contribution < 1.29 is 31.1 Å². The first-order valence-corrected chi connectivity index (χ1v) is 13.6. The Hall–Kier alpha value is -2.56. The molecule has 0 unspecified atom stereocenters. The number of hydrogen-bond donors (Lipinski definition) is 1. The smallest absolute Gasteiger partial charge is 0.381 e. The Morgan fingerprint density at radius 2 is 1.55 bits per heavy atom. The number of thioether (sulfide) groups is 1. The molecule has 2 aromatic rings. The van der Waals surface area contributed by atoms with E-state index in [0.717, 1.165) is 68.7 Å². The summed E-state index contributed by atoms with van der Waals surface area (Å²) in [7, 11) is 0. The average Bonchev–Trinajstić information content (AvgIpc) is 2.88.